The Morgan fingerprint density at radius 1 is 1.40 bits per heavy atom. The van der Waals surface area contributed by atoms with Crippen LogP contribution in [0.2, 0.25) is 0 Å². The number of phenols is 1. The van der Waals surface area contributed by atoms with Crippen molar-refractivity contribution < 1.29 is 14.6 Å². The standard InChI is InChI=1S/C12H14O3/c1-8-6-9(2)12(14)10(7-8)4-5-11(13)15-3/h4-7,14H,1-3H3/b5-4+. The highest BCUT2D eigenvalue weighted by atomic mass is 16.5. The van der Waals surface area contributed by atoms with Gasteiger partial charge in [0, 0.05) is 11.6 Å². The summed E-state index contributed by atoms with van der Waals surface area (Å²) in [5.74, 6) is -0.241. The molecule has 0 radical (unpaired) electrons. The summed E-state index contributed by atoms with van der Waals surface area (Å²) >= 11 is 0. The highest BCUT2D eigenvalue weighted by Gasteiger charge is 2.03. The molecule has 0 heterocycles. The molecule has 0 aliphatic carbocycles. The van der Waals surface area contributed by atoms with Gasteiger partial charge in [-0.15, -0.1) is 0 Å². The first-order valence-electron chi connectivity index (χ1n) is 4.61. The first-order chi connectivity index (χ1) is 7.04. The second-order valence-electron chi connectivity index (χ2n) is 3.38. The van der Waals surface area contributed by atoms with E-state index in [-0.39, 0.29) is 5.75 Å². The predicted octanol–water partition coefficient (Wildman–Crippen LogP) is 2.20. The zero-order chi connectivity index (χ0) is 11.4. The fourth-order valence-corrected chi connectivity index (χ4v) is 1.35. The summed E-state index contributed by atoms with van der Waals surface area (Å²) in [7, 11) is 1.31. The highest BCUT2D eigenvalue weighted by molar-refractivity contribution is 5.87. The number of hydrogen-bond acceptors (Lipinski definition) is 3. The predicted molar refractivity (Wildman–Crippen MR) is 58.6 cm³/mol. The van der Waals surface area contributed by atoms with E-state index in [0.29, 0.717) is 5.56 Å². The number of ether oxygens (including phenoxy) is 1. The Morgan fingerprint density at radius 2 is 2.07 bits per heavy atom. The van der Waals surface area contributed by atoms with E-state index in [4.69, 9.17) is 0 Å². The molecular weight excluding hydrogens is 192 g/mol. The molecule has 15 heavy (non-hydrogen) atoms. The van der Waals surface area contributed by atoms with Gasteiger partial charge in [-0.1, -0.05) is 11.6 Å². The van der Waals surface area contributed by atoms with Crippen LogP contribution in [0.5, 0.6) is 5.75 Å². The van der Waals surface area contributed by atoms with Crippen molar-refractivity contribution in [1.82, 2.24) is 0 Å². The summed E-state index contributed by atoms with van der Waals surface area (Å²) in [6, 6.07) is 3.69. The monoisotopic (exact) mass is 206 g/mol. The second-order valence-corrected chi connectivity index (χ2v) is 3.38. The fraction of sp³-hybridized carbons (Fsp3) is 0.250. The number of aryl methyl sites for hydroxylation is 2. The number of benzene rings is 1. The SMILES string of the molecule is COC(=O)/C=C/c1cc(C)cc(C)c1O. The van der Waals surface area contributed by atoms with Crippen molar-refractivity contribution in [2.75, 3.05) is 7.11 Å². The fourth-order valence-electron chi connectivity index (χ4n) is 1.35. The molecule has 0 saturated heterocycles. The lowest BCUT2D eigenvalue weighted by Gasteiger charge is -2.04. The zero-order valence-corrected chi connectivity index (χ0v) is 9.07. The van der Waals surface area contributed by atoms with Crippen LogP contribution in [0.3, 0.4) is 0 Å². The largest absolute Gasteiger partial charge is 0.507 e. The number of rotatable bonds is 2. The highest BCUT2D eigenvalue weighted by Crippen LogP contribution is 2.24. The van der Waals surface area contributed by atoms with Gasteiger partial charge in [-0.05, 0) is 31.6 Å². The van der Waals surface area contributed by atoms with Crippen LogP contribution in [0.4, 0.5) is 0 Å². The molecular formula is C12H14O3. The average Bonchev–Trinajstić information content (AvgIpc) is 2.20. The molecule has 0 bridgehead atoms. The lowest BCUT2D eigenvalue weighted by molar-refractivity contribution is -0.134. The summed E-state index contributed by atoms with van der Waals surface area (Å²) < 4.78 is 4.46. The number of hydrogen-bond donors (Lipinski definition) is 1. The van der Waals surface area contributed by atoms with Crippen LogP contribution in [0.25, 0.3) is 6.08 Å². The van der Waals surface area contributed by atoms with E-state index in [2.05, 4.69) is 4.74 Å². The normalized spacial score (nSPS) is 10.6. The van der Waals surface area contributed by atoms with Crippen LogP contribution in [0.15, 0.2) is 18.2 Å². The van der Waals surface area contributed by atoms with Gasteiger partial charge in [0.2, 0.25) is 0 Å². The Bertz CT molecular complexity index is 406. The Kier molecular flexibility index (Phi) is 3.50. The number of aromatic hydroxyl groups is 1. The Labute approximate surface area is 89.0 Å². The number of carbonyl (C=O) groups is 1. The summed E-state index contributed by atoms with van der Waals surface area (Å²) in [5.41, 5.74) is 2.45. The molecule has 80 valence electrons. The quantitative estimate of drug-likeness (QED) is 0.596. The summed E-state index contributed by atoms with van der Waals surface area (Å²) in [5, 5.41) is 9.70. The maximum absolute atomic E-state index is 10.9. The summed E-state index contributed by atoms with van der Waals surface area (Å²) in [6.07, 6.45) is 2.83. The Morgan fingerprint density at radius 3 is 2.67 bits per heavy atom. The van der Waals surface area contributed by atoms with E-state index in [1.165, 1.54) is 13.2 Å². The van der Waals surface area contributed by atoms with Gasteiger partial charge in [-0.3, -0.25) is 0 Å². The molecule has 3 nitrogen and oxygen atoms in total. The Hall–Kier alpha value is -1.77. The molecule has 0 spiro atoms. The van der Waals surface area contributed by atoms with Gasteiger partial charge in [0.25, 0.3) is 0 Å². The second kappa shape index (κ2) is 4.64. The molecule has 1 aromatic carbocycles. The summed E-state index contributed by atoms with van der Waals surface area (Å²) in [6.45, 7) is 3.75. The summed E-state index contributed by atoms with van der Waals surface area (Å²) in [4.78, 5) is 10.9. The van der Waals surface area contributed by atoms with Gasteiger partial charge in [0.05, 0.1) is 7.11 Å². The molecule has 0 aliphatic rings. The third-order valence-corrected chi connectivity index (χ3v) is 2.07. The minimum atomic E-state index is -0.437. The van der Waals surface area contributed by atoms with E-state index >= 15 is 0 Å². The van der Waals surface area contributed by atoms with Gasteiger partial charge in [0.1, 0.15) is 5.75 Å². The van der Waals surface area contributed by atoms with Crippen LogP contribution < -0.4 is 0 Å². The van der Waals surface area contributed by atoms with E-state index in [1.54, 1.807) is 6.08 Å². The maximum atomic E-state index is 10.9. The van der Waals surface area contributed by atoms with Crippen LogP contribution in [0.1, 0.15) is 16.7 Å². The number of methoxy groups -OCH3 is 1. The van der Waals surface area contributed by atoms with Gasteiger partial charge < -0.3 is 9.84 Å². The molecule has 0 aliphatic heterocycles. The molecule has 3 heteroatoms. The van der Waals surface area contributed by atoms with Crippen LogP contribution in [0, 0.1) is 13.8 Å². The van der Waals surface area contributed by atoms with Crippen LogP contribution in [-0.4, -0.2) is 18.2 Å². The van der Waals surface area contributed by atoms with Gasteiger partial charge in [-0.2, -0.15) is 0 Å². The van der Waals surface area contributed by atoms with E-state index < -0.39 is 5.97 Å². The zero-order valence-electron chi connectivity index (χ0n) is 9.07. The van der Waals surface area contributed by atoms with Crippen molar-refractivity contribution >= 4 is 12.0 Å². The van der Waals surface area contributed by atoms with Gasteiger partial charge in [-0.25, -0.2) is 4.79 Å². The minimum absolute atomic E-state index is 0.195. The van der Waals surface area contributed by atoms with Gasteiger partial charge >= 0.3 is 5.97 Å². The molecule has 0 atom stereocenters. The first kappa shape index (κ1) is 11.3. The lowest BCUT2D eigenvalue weighted by atomic mass is 10.1. The van der Waals surface area contributed by atoms with E-state index in [9.17, 15) is 9.90 Å². The van der Waals surface area contributed by atoms with Crippen LogP contribution in [-0.2, 0) is 9.53 Å². The van der Waals surface area contributed by atoms with Crippen molar-refractivity contribution in [3.8, 4) is 5.75 Å². The topological polar surface area (TPSA) is 46.5 Å². The number of phenolic OH excluding ortho intramolecular Hbond substituents is 1. The van der Waals surface area contributed by atoms with E-state index in [1.807, 2.05) is 26.0 Å². The van der Waals surface area contributed by atoms with Crippen LogP contribution >= 0.6 is 0 Å². The van der Waals surface area contributed by atoms with Crippen molar-refractivity contribution in [3.63, 3.8) is 0 Å². The molecule has 1 N–H and O–H groups in total. The molecule has 0 aromatic heterocycles. The molecule has 1 rings (SSSR count). The van der Waals surface area contributed by atoms with E-state index in [0.717, 1.165) is 11.1 Å². The molecule has 0 unspecified atom stereocenters. The third kappa shape index (κ3) is 2.84. The van der Waals surface area contributed by atoms with Gasteiger partial charge in [0.15, 0.2) is 0 Å². The van der Waals surface area contributed by atoms with Crippen molar-refractivity contribution in [3.05, 3.63) is 34.9 Å². The molecule has 1 aromatic rings. The average molecular weight is 206 g/mol. The molecule has 0 amide bonds. The molecule has 0 saturated carbocycles. The lowest BCUT2D eigenvalue weighted by Crippen LogP contribution is -1.93. The number of carbonyl (C=O) groups excluding carboxylic acids is 1. The Balaban J connectivity index is 3.04. The smallest absolute Gasteiger partial charge is 0.330 e. The minimum Gasteiger partial charge on any atom is -0.507 e. The molecule has 0 fully saturated rings. The van der Waals surface area contributed by atoms with Crippen molar-refractivity contribution in [1.29, 1.82) is 0 Å². The first-order valence-corrected chi connectivity index (χ1v) is 4.61. The third-order valence-electron chi connectivity index (χ3n) is 2.07. The number of esters is 1. The van der Waals surface area contributed by atoms with Crippen molar-refractivity contribution in [2.24, 2.45) is 0 Å². The van der Waals surface area contributed by atoms with Crippen molar-refractivity contribution in [2.45, 2.75) is 13.8 Å². The maximum Gasteiger partial charge on any atom is 0.330 e.